The van der Waals surface area contributed by atoms with Crippen molar-refractivity contribution in [3.8, 4) is 0 Å². The van der Waals surface area contributed by atoms with Crippen LogP contribution in [0.3, 0.4) is 0 Å². The molecule has 0 radical (unpaired) electrons. The van der Waals surface area contributed by atoms with Crippen LogP contribution >= 0.6 is 0 Å². The molecule has 0 bridgehead atoms. The Morgan fingerprint density at radius 3 is 3.17 bits per heavy atom. The number of nitrogens with zero attached hydrogens (tertiary/aromatic N) is 2. The Labute approximate surface area is 105 Å². The number of carbonyl (C=O) groups excluding carboxylic acids is 1. The fourth-order valence-corrected chi connectivity index (χ4v) is 1.80. The van der Waals surface area contributed by atoms with E-state index in [2.05, 4.69) is 10.3 Å². The molecule has 98 valence electrons. The molecule has 1 fully saturated rings. The van der Waals surface area contributed by atoms with E-state index < -0.39 is 5.82 Å². The number of pyridine rings is 1. The third-order valence-electron chi connectivity index (χ3n) is 2.94. The third-order valence-corrected chi connectivity index (χ3v) is 2.94. The number of hydrogen-bond acceptors (Lipinski definition) is 5. The van der Waals surface area contributed by atoms with Crippen molar-refractivity contribution in [1.29, 1.82) is 0 Å². The van der Waals surface area contributed by atoms with Crippen LogP contribution in [0.15, 0.2) is 18.3 Å². The van der Waals surface area contributed by atoms with Crippen LogP contribution in [0.2, 0.25) is 0 Å². The summed E-state index contributed by atoms with van der Waals surface area (Å²) in [6, 6.07) is 2.59. The second-order valence-electron chi connectivity index (χ2n) is 4.25. The van der Waals surface area contributed by atoms with Gasteiger partial charge in [0.1, 0.15) is 11.6 Å². The van der Waals surface area contributed by atoms with Crippen molar-refractivity contribution in [3.63, 3.8) is 0 Å². The maximum Gasteiger partial charge on any atom is 0.171 e. The Morgan fingerprint density at radius 1 is 1.67 bits per heavy atom. The lowest BCUT2D eigenvalue weighted by molar-refractivity contribution is -0.127. The number of morpholine rings is 1. The van der Waals surface area contributed by atoms with Gasteiger partial charge in [0.2, 0.25) is 0 Å². The lowest BCUT2D eigenvalue weighted by Crippen LogP contribution is -2.49. The lowest BCUT2D eigenvalue weighted by Gasteiger charge is -2.31. The van der Waals surface area contributed by atoms with E-state index in [0.29, 0.717) is 19.0 Å². The number of ether oxygens (including phenoxy) is 1. The number of aromatic nitrogens is 1. The van der Waals surface area contributed by atoms with E-state index in [9.17, 15) is 9.18 Å². The van der Waals surface area contributed by atoms with Crippen molar-refractivity contribution < 1.29 is 13.9 Å². The number of halogens is 1. The van der Waals surface area contributed by atoms with Gasteiger partial charge in [0, 0.05) is 6.54 Å². The van der Waals surface area contributed by atoms with Crippen LogP contribution in [0.25, 0.3) is 0 Å². The molecule has 0 saturated carbocycles. The summed E-state index contributed by atoms with van der Waals surface area (Å²) in [4.78, 5) is 17.8. The van der Waals surface area contributed by atoms with Crippen LogP contribution in [-0.4, -0.2) is 55.1 Å². The van der Waals surface area contributed by atoms with Gasteiger partial charge in [0.15, 0.2) is 5.78 Å². The predicted octanol–water partition coefficient (Wildman–Crippen LogP) is 0.532. The van der Waals surface area contributed by atoms with Crippen molar-refractivity contribution in [1.82, 2.24) is 9.88 Å². The fraction of sp³-hybridized carbons (Fsp3) is 0.500. The first-order chi connectivity index (χ1) is 8.66. The molecular weight excluding hydrogens is 237 g/mol. The molecule has 0 spiro atoms. The van der Waals surface area contributed by atoms with Gasteiger partial charge in [-0.2, -0.15) is 0 Å². The molecular formula is C12H16FN3O2. The molecule has 0 aliphatic carbocycles. The summed E-state index contributed by atoms with van der Waals surface area (Å²) in [6.07, 6.45) is 1.11. The first-order valence-electron chi connectivity index (χ1n) is 5.83. The number of nitrogens with one attached hydrogen (secondary N) is 1. The van der Waals surface area contributed by atoms with Crippen LogP contribution in [0.4, 0.5) is 10.2 Å². The Balaban J connectivity index is 1.85. The molecule has 1 aromatic rings. The van der Waals surface area contributed by atoms with Crippen molar-refractivity contribution in [2.45, 2.75) is 6.04 Å². The summed E-state index contributed by atoms with van der Waals surface area (Å²) >= 11 is 0. The summed E-state index contributed by atoms with van der Waals surface area (Å²) in [5.41, 5.74) is 0. The summed E-state index contributed by atoms with van der Waals surface area (Å²) < 4.78 is 17.9. The number of anilines is 1. The zero-order chi connectivity index (χ0) is 13.0. The largest absolute Gasteiger partial charge is 0.378 e. The summed E-state index contributed by atoms with van der Waals surface area (Å²) in [5.74, 6) is 0.139. The number of Topliss-reactive ketones (excluding diaryl/α,β-unsaturated/α-hetero) is 1. The highest BCUT2D eigenvalue weighted by atomic mass is 19.1. The SMILES string of the molecule is CN1CCOC[C@H]1C(=O)CNc1ccc(F)cn1. The quantitative estimate of drug-likeness (QED) is 0.848. The average molecular weight is 253 g/mol. The Hall–Kier alpha value is -1.53. The second kappa shape index (κ2) is 5.88. The number of ketones is 1. The first-order valence-corrected chi connectivity index (χ1v) is 5.83. The van der Waals surface area contributed by atoms with Gasteiger partial charge in [-0.25, -0.2) is 9.37 Å². The minimum atomic E-state index is -0.396. The van der Waals surface area contributed by atoms with Crippen molar-refractivity contribution in [2.75, 3.05) is 38.7 Å². The van der Waals surface area contributed by atoms with Crippen molar-refractivity contribution >= 4 is 11.6 Å². The number of rotatable bonds is 4. The van der Waals surface area contributed by atoms with Crippen LogP contribution < -0.4 is 5.32 Å². The van der Waals surface area contributed by atoms with E-state index in [1.165, 1.54) is 12.1 Å². The van der Waals surface area contributed by atoms with Gasteiger partial charge in [0.05, 0.1) is 32.0 Å². The average Bonchev–Trinajstić information content (AvgIpc) is 2.38. The van der Waals surface area contributed by atoms with E-state index in [0.717, 1.165) is 12.7 Å². The number of carbonyl (C=O) groups is 1. The Morgan fingerprint density at radius 2 is 2.50 bits per heavy atom. The van der Waals surface area contributed by atoms with Crippen LogP contribution in [0.1, 0.15) is 0 Å². The maximum atomic E-state index is 12.6. The molecule has 0 unspecified atom stereocenters. The molecule has 1 aromatic heterocycles. The van der Waals surface area contributed by atoms with Crippen LogP contribution in [0.5, 0.6) is 0 Å². The molecule has 2 rings (SSSR count). The van der Waals surface area contributed by atoms with E-state index in [-0.39, 0.29) is 18.4 Å². The fourth-order valence-electron chi connectivity index (χ4n) is 1.80. The van der Waals surface area contributed by atoms with Crippen LogP contribution in [0, 0.1) is 5.82 Å². The maximum absolute atomic E-state index is 12.6. The van der Waals surface area contributed by atoms with Gasteiger partial charge in [-0.05, 0) is 19.2 Å². The molecule has 1 aliphatic heterocycles. The first kappa shape index (κ1) is 12.9. The normalized spacial score (nSPS) is 20.7. The topological polar surface area (TPSA) is 54.5 Å². The molecule has 0 aromatic carbocycles. The monoisotopic (exact) mass is 253 g/mol. The zero-order valence-electron chi connectivity index (χ0n) is 10.2. The van der Waals surface area contributed by atoms with Gasteiger partial charge in [-0.1, -0.05) is 0 Å². The van der Waals surface area contributed by atoms with E-state index in [4.69, 9.17) is 4.74 Å². The van der Waals surface area contributed by atoms with E-state index >= 15 is 0 Å². The highest BCUT2D eigenvalue weighted by Crippen LogP contribution is 2.07. The van der Waals surface area contributed by atoms with Gasteiger partial charge in [-0.15, -0.1) is 0 Å². The molecule has 1 saturated heterocycles. The molecule has 1 atom stereocenters. The highest BCUT2D eigenvalue weighted by molar-refractivity contribution is 5.87. The second-order valence-corrected chi connectivity index (χ2v) is 4.25. The molecule has 5 nitrogen and oxygen atoms in total. The van der Waals surface area contributed by atoms with E-state index in [1.54, 1.807) is 0 Å². The smallest absolute Gasteiger partial charge is 0.171 e. The summed E-state index contributed by atoms with van der Waals surface area (Å²) in [6.45, 7) is 2.00. The van der Waals surface area contributed by atoms with Crippen molar-refractivity contribution in [3.05, 3.63) is 24.1 Å². The standard InChI is InChI=1S/C12H16FN3O2/c1-16-4-5-18-8-10(16)11(17)7-15-12-3-2-9(13)6-14-12/h2-3,6,10H,4-5,7-8H2,1H3,(H,14,15)/t10-/m0/s1. The van der Waals surface area contributed by atoms with Gasteiger partial charge < -0.3 is 10.1 Å². The minimum Gasteiger partial charge on any atom is -0.378 e. The van der Waals surface area contributed by atoms with Gasteiger partial charge in [0.25, 0.3) is 0 Å². The minimum absolute atomic E-state index is 0.0447. The van der Waals surface area contributed by atoms with E-state index in [1.807, 2.05) is 11.9 Å². The lowest BCUT2D eigenvalue weighted by atomic mass is 10.1. The Kier molecular flexibility index (Phi) is 4.22. The molecule has 18 heavy (non-hydrogen) atoms. The molecule has 6 heteroatoms. The van der Waals surface area contributed by atoms with Gasteiger partial charge >= 0.3 is 0 Å². The summed E-state index contributed by atoms with van der Waals surface area (Å²) in [7, 11) is 1.90. The summed E-state index contributed by atoms with van der Waals surface area (Å²) in [5, 5.41) is 2.88. The molecule has 1 aliphatic rings. The molecule has 1 N–H and O–H groups in total. The van der Waals surface area contributed by atoms with Crippen molar-refractivity contribution in [2.24, 2.45) is 0 Å². The third kappa shape index (κ3) is 3.24. The Bertz CT molecular complexity index is 410. The molecule has 2 heterocycles. The van der Waals surface area contributed by atoms with Crippen LogP contribution in [-0.2, 0) is 9.53 Å². The number of hydrogen-bond donors (Lipinski definition) is 1. The zero-order valence-corrected chi connectivity index (χ0v) is 10.2. The molecule has 0 amide bonds. The predicted molar refractivity (Wildman–Crippen MR) is 64.9 cm³/mol. The van der Waals surface area contributed by atoms with Gasteiger partial charge in [-0.3, -0.25) is 9.69 Å². The highest BCUT2D eigenvalue weighted by Gasteiger charge is 2.25. The number of likely N-dealkylation sites (N-methyl/N-ethyl adjacent to an activating group) is 1.